The number of hydrogen-bond acceptors (Lipinski definition) is 7. The second-order valence-electron chi connectivity index (χ2n) is 5.59. The van der Waals surface area contributed by atoms with E-state index >= 15 is 0 Å². The van der Waals surface area contributed by atoms with Crippen molar-refractivity contribution >= 4 is 33.3 Å². The minimum atomic E-state index is 0.567. The molecule has 2 N–H and O–H groups in total. The van der Waals surface area contributed by atoms with Crippen molar-refractivity contribution in [1.82, 2.24) is 25.1 Å². The monoisotopic (exact) mass is 315 g/mol. The summed E-state index contributed by atoms with van der Waals surface area (Å²) in [6.07, 6.45) is 5.16. The van der Waals surface area contributed by atoms with Crippen molar-refractivity contribution in [2.24, 2.45) is 0 Å². The number of rotatable bonds is 4. The fraction of sp³-hybridized carbons (Fsp3) is 0.429. The van der Waals surface area contributed by atoms with E-state index in [2.05, 4.69) is 30.5 Å². The van der Waals surface area contributed by atoms with Crippen LogP contribution in [0.4, 0.5) is 11.8 Å². The van der Waals surface area contributed by atoms with Crippen LogP contribution in [0, 0.1) is 0 Å². The van der Waals surface area contributed by atoms with Gasteiger partial charge < -0.3 is 10.2 Å². The van der Waals surface area contributed by atoms with Crippen LogP contribution in [0.1, 0.15) is 22.7 Å². The van der Waals surface area contributed by atoms with Crippen LogP contribution in [-0.2, 0) is 19.4 Å². The fourth-order valence-electron chi connectivity index (χ4n) is 2.79. The van der Waals surface area contributed by atoms with Gasteiger partial charge in [0.25, 0.3) is 0 Å². The molecule has 7 nitrogen and oxygen atoms in total. The number of aryl methyl sites for hydroxylation is 2. The summed E-state index contributed by atoms with van der Waals surface area (Å²) < 4.78 is 0. The first-order valence-corrected chi connectivity index (χ1v) is 8.12. The molecule has 0 unspecified atom stereocenters. The summed E-state index contributed by atoms with van der Waals surface area (Å²) in [5.74, 6) is 2.37. The number of thiophene rings is 1. The summed E-state index contributed by atoms with van der Waals surface area (Å²) in [6, 6.07) is 0. The predicted molar refractivity (Wildman–Crippen MR) is 87.5 cm³/mol. The molecule has 3 aromatic rings. The molecule has 8 heteroatoms. The Hall–Kier alpha value is -2.22. The lowest BCUT2D eigenvalue weighted by Crippen LogP contribution is -2.10. The molecule has 1 aliphatic carbocycles. The molecule has 3 heterocycles. The van der Waals surface area contributed by atoms with E-state index in [4.69, 9.17) is 0 Å². The summed E-state index contributed by atoms with van der Waals surface area (Å²) in [6.45, 7) is 0.567. The largest absolute Gasteiger partial charge is 0.362 e. The van der Waals surface area contributed by atoms with Gasteiger partial charge >= 0.3 is 0 Å². The molecule has 0 saturated heterocycles. The maximum atomic E-state index is 4.43. The van der Waals surface area contributed by atoms with Crippen molar-refractivity contribution < 1.29 is 0 Å². The van der Waals surface area contributed by atoms with Gasteiger partial charge in [0.15, 0.2) is 0 Å². The molecule has 3 aromatic heterocycles. The van der Waals surface area contributed by atoms with E-state index in [1.807, 2.05) is 19.0 Å². The quantitative estimate of drug-likeness (QED) is 0.766. The number of aromatic amines is 1. The SMILES string of the molecule is CN(C)c1n[nH]c(CNc2ncnc3sc4c(c23)CCC4)n1. The Bertz CT molecular complexity index is 820. The smallest absolute Gasteiger partial charge is 0.244 e. The third-order valence-electron chi connectivity index (χ3n) is 3.84. The highest BCUT2D eigenvalue weighted by Crippen LogP contribution is 2.38. The Morgan fingerprint density at radius 1 is 1.32 bits per heavy atom. The third-order valence-corrected chi connectivity index (χ3v) is 5.04. The summed E-state index contributed by atoms with van der Waals surface area (Å²) in [5, 5.41) is 11.7. The molecule has 0 amide bonds. The van der Waals surface area contributed by atoms with E-state index in [1.54, 1.807) is 17.7 Å². The van der Waals surface area contributed by atoms with Gasteiger partial charge in [0.1, 0.15) is 22.8 Å². The number of H-pyrrole nitrogens is 1. The molecule has 0 atom stereocenters. The van der Waals surface area contributed by atoms with Crippen molar-refractivity contribution in [1.29, 1.82) is 0 Å². The highest BCUT2D eigenvalue weighted by molar-refractivity contribution is 7.19. The van der Waals surface area contributed by atoms with Gasteiger partial charge in [-0.25, -0.2) is 9.97 Å². The summed E-state index contributed by atoms with van der Waals surface area (Å²) in [4.78, 5) is 17.7. The molecule has 114 valence electrons. The minimum Gasteiger partial charge on any atom is -0.362 e. The first-order valence-electron chi connectivity index (χ1n) is 7.30. The molecule has 0 bridgehead atoms. The molecule has 22 heavy (non-hydrogen) atoms. The number of anilines is 2. The van der Waals surface area contributed by atoms with Gasteiger partial charge in [-0.2, -0.15) is 4.98 Å². The number of nitrogens with zero attached hydrogens (tertiary/aromatic N) is 5. The van der Waals surface area contributed by atoms with Crippen LogP contribution in [0.2, 0.25) is 0 Å². The third kappa shape index (κ3) is 2.19. The van der Waals surface area contributed by atoms with Gasteiger partial charge in [0.05, 0.1) is 11.9 Å². The second-order valence-corrected chi connectivity index (χ2v) is 6.67. The van der Waals surface area contributed by atoms with E-state index < -0.39 is 0 Å². The van der Waals surface area contributed by atoms with E-state index in [0.29, 0.717) is 12.5 Å². The van der Waals surface area contributed by atoms with Gasteiger partial charge in [0.2, 0.25) is 5.95 Å². The average Bonchev–Trinajstić information content (AvgIpc) is 3.19. The van der Waals surface area contributed by atoms with Gasteiger partial charge in [0, 0.05) is 19.0 Å². The van der Waals surface area contributed by atoms with Crippen molar-refractivity contribution in [2.75, 3.05) is 24.3 Å². The Morgan fingerprint density at radius 2 is 2.23 bits per heavy atom. The molecule has 1 aliphatic rings. The molecule has 0 fully saturated rings. The van der Waals surface area contributed by atoms with Crippen LogP contribution in [0.15, 0.2) is 6.33 Å². The van der Waals surface area contributed by atoms with Crippen molar-refractivity contribution in [3.8, 4) is 0 Å². The second kappa shape index (κ2) is 5.20. The number of fused-ring (bicyclic) bond motifs is 3. The van der Waals surface area contributed by atoms with Crippen molar-refractivity contribution in [2.45, 2.75) is 25.8 Å². The Balaban J connectivity index is 1.61. The van der Waals surface area contributed by atoms with Crippen LogP contribution >= 0.6 is 11.3 Å². The van der Waals surface area contributed by atoms with Gasteiger partial charge in [-0.15, -0.1) is 16.4 Å². The van der Waals surface area contributed by atoms with Crippen LogP contribution < -0.4 is 10.2 Å². The fourth-order valence-corrected chi connectivity index (χ4v) is 4.02. The maximum Gasteiger partial charge on any atom is 0.244 e. The van der Waals surface area contributed by atoms with E-state index in [-0.39, 0.29) is 0 Å². The normalized spacial score (nSPS) is 13.5. The summed E-state index contributed by atoms with van der Waals surface area (Å²) in [7, 11) is 3.84. The van der Waals surface area contributed by atoms with Crippen LogP contribution in [0.3, 0.4) is 0 Å². The van der Waals surface area contributed by atoms with Crippen LogP contribution in [0.5, 0.6) is 0 Å². The highest BCUT2D eigenvalue weighted by atomic mass is 32.1. The lowest BCUT2D eigenvalue weighted by atomic mass is 10.2. The molecule has 0 spiro atoms. The first kappa shape index (κ1) is 13.4. The van der Waals surface area contributed by atoms with E-state index in [0.717, 1.165) is 22.9 Å². The minimum absolute atomic E-state index is 0.567. The van der Waals surface area contributed by atoms with Gasteiger partial charge in [-0.1, -0.05) is 0 Å². The van der Waals surface area contributed by atoms with Gasteiger partial charge in [-0.3, -0.25) is 5.10 Å². The molecular formula is C14H17N7S. The Labute approximate surface area is 131 Å². The molecule has 0 saturated carbocycles. The molecular weight excluding hydrogens is 298 g/mol. The zero-order valence-electron chi connectivity index (χ0n) is 12.6. The zero-order chi connectivity index (χ0) is 15.1. The predicted octanol–water partition coefficient (Wildman–Crippen LogP) is 1.98. The number of aromatic nitrogens is 5. The number of hydrogen-bond donors (Lipinski definition) is 2. The van der Waals surface area contributed by atoms with Crippen molar-refractivity contribution in [3.05, 3.63) is 22.6 Å². The van der Waals surface area contributed by atoms with Gasteiger partial charge in [-0.05, 0) is 24.8 Å². The van der Waals surface area contributed by atoms with Crippen molar-refractivity contribution in [3.63, 3.8) is 0 Å². The van der Waals surface area contributed by atoms with E-state index in [1.165, 1.54) is 28.7 Å². The number of nitrogens with one attached hydrogen (secondary N) is 2. The van der Waals surface area contributed by atoms with E-state index in [9.17, 15) is 0 Å². The Morgan fingerprint density at radius 3 is 3.05 bits per heavy atom. The molecule has 0 radical (unpaired) electrons. The average molecular weight is 315 g/mol. The molecule has 0 aromatic carbocycles. The van der Waals surface area contributed by atoms with Crippen LogP contribution in [0.25, 0.3) is 10.2 Å². The standard InChI is InChI=1S/C14H17N7S/c1-21(2)14-18-10(19-20-14)6-15-12-11-8-4-3-5-9(8)22-13(11)17-7-16-12/h7H,3-6H2,1-2H3,(H,15,16,17)(H,18,19,20). The Kier molecular flexibility index (Phi) is 3.18. The molecule has 4 rings (SSSR count). The zero-order valence-corrected chi connectivity index (χ0v) is 13.4. The highest BCUT2D eigenvalue weighted by Gasteiger charge is 2.21. The summed E-state index contributed by atoms with van der Waals surface area (Å²) >= 11 is 1.80. The molecule has 0 aliphatic heterocycles. The lowest BCUT2D eigenvalue weighted by Gasteiger charge is -2.06. The maximum absolute atomic E-state index is 4.43. The lowest BCUT2D eigenvalue weighted by molar-refractivity contribution is 0.916. The summed E-state index contributed by atoms with van der Waals surface area (Å²) in [5.41, 5.74) is 1.43. The topological polar surface area (TPSA) is 82.6 Å². The first-order chi connectivity index (χ1) is 10.7. The van der Waals surface area contributed by atoms with Crippen LogP contribution in [-0.4, -0.2) is 39.2 Å².